The van der Waals surface area contributed by atoms with Crippen molar-refractivity contribution in [1.29, 1.82) is 0 Å². The number of imide groups is 1. The van der Waals surface area contributed by atoms with Crippen LogP contribution >= 0.6 is 0 Å². The van der Waals surface area contributed by atoms with Crippen molar-refractivity contribution in [1.82, 2.24) is 0 Å². The Hall–Kier alpha value is -1.68. The summed E-state index contributed by atoms with van der Waals surface area (Å²) in [6, 6.07) is 9.63. The summed E-state index contributed by atoms with van der Waals surface area (Å²) in [4.78, 5) is 24.5. The molecule has 4 heteroatoms. The second kappa shape index (κ2) is 5.53. The molecule has 1 aromatic carbocycles. The highest BCUT2D eigenvalue weighted by Gasteiger charge is 2.50. The molecule has 0 radical (unpaired) electrons. The van der Waals surface area contributed by atoms with Crippen molar-refractivity contribution in [3.05, 3.63) is 35.9 Å². The zero-order chi connectivity index (χ0) is 13.9. The van der Waals surface area contributed by atoms with E-state index in [1.165, 1.54) is 0 Å². The third-order valence-electron chi connectivity index (χ3n) is 3.40. The first-order chi connectivity index (χ1) is 9.04. The Labute approximate surface area is 113 Å². The van der Waals surface area contributed by atoms with E-state index in [1.54, 1.807) is 0 Å². The van der Waals surface area contributed by atoms with Crippen LogP contribution in [0.4, 0.5) is 4.79 Å². The van der Waals surface area contributed by atoms with Crippen molar-refractivity contribution in [3.8, 4) is 0 Å². The van der Waals surface area contributed by atoms with Crippen molar-refractivity contribution < 1.29 is 18.8 Å². The van der Waals surface area contributed by atoms with Crippen LogP contribution in [0.2, 0.25) is 0 Å². The average Bonchev–Trinajstić information content (AvgIpc) is 2.72. The van der Waals surface area contributed by atoms with Crippen molar-refractivity contribution in [2.75, 3.05) is 13.2 Å². The van der Waals surface area contributed by atoms with Crippen molar-refractivity contribution in [3.63, 3.8) is 0 Å². The standard InChI is InChI=1S/C15H20NO3/c1-12(2)10-14(17)16(8-9-19-15(16)18)11-13-6-4-3-5-7-13/h3-7,12H,8-11H2,1-2H3/q+1. The van der Waals surface area contributed by atoms with Crippen LogP contribution in [0.15, 0.2) is 30.3 Å². The second-order valence-electron chi connectivity index (χ2n) is 5.44. The van der Waals surface area contributed by atoms with Crippen LogP contribution < -0.4 is 0 Å². The Balaban J connectivity index is 2.26. The summed E-state index contributed by atoms with van der Waals surface area (Å²) in [6.45, 7) is 5.14. The molecule has 19 heavy (non-hydrogen) atoms. The molecule has 2 amide bonds. The molecule has 1 heterocycles. The quantitative estimate of drug-likeness (QED) is 0.784. The van der Waals surface area contributed by atoms with Crippen LogP contribution in [0.3, 0.4) is 0 Å². The highest BCUT2D eigenvalue weighted by molar-refractivity contribution is 5.82. The zero-order valence-electron chi connectivity index (χ0n) is 11.5. The molecule has 1 unspecified atom stereocenters. The summed E-state index contributed by atoms with van der Waals surface area (Å²) in [5.41, 5.74) is 0.985. The largest absolute Gasteiger partial charge is 0.524 e. The normalized spacial score (nSPS) is 22.6. The summed E-state index contributed by atoms with van der Waals surface area (Å²) in [5.74, 6) is 0.202. The summed E-state index contributed by atoms with van der Waals surface area (Å²) in [7, 11) is 0. The van der Waals surface area contributed by atoms with Crippen LogP contribution in [0, 0.1) is 5.92 Å². The third kappa shape index (κ3) is 2.84. The third-order valence-corrected chi connectivity index (χ3v) is 3.40. The van der Waals surface area contributed by atoms with Gasteiger partial charge in [0.2, 0.25) is 0 Å². The number of benzene rings is 1. The van der Waals surface area contributed by atoms with Gasteiger partial charge in [-0.1, -0.05) is 44.2 Å². The summed E-state index contributed by atoms with van der Waals surface area (Å²) in [5, 5.41) is 0. The number of carbonyl (C=O) groups is 2. The SMILES string of the molecule is CC(C)CC(=O)[N+]1(Cc2ccccc2)CCOC1=O. The van der Waals surface area contributed by atoms with E-state index in [-0.39, 0.29) is 16.3 Å². The second-order valence-corrected chi connectivity index (χ2v) is 5.44. The Bertz CT molecular complexity index is 470. The predicted molar refractivity (Wildman–Crippen MR) is 71.1 cm³/mol. The Morgan fingerprint density at radius 2 is 2.00 bits per heavy atom. The van der Waals surface area contributed by atoms with Crippen LogP contribution in [0.25, 0.3) is 0 Å². The van der Waals surface area contributed by atoms with E-state index >= 15 is 0 Å². The lowest BCUT2D eigenvalue weighted by Gasteiger charge is -2.26. The summed E-state index contributed by atoms with van der Waals surface area (Å²) in [6.07, 6.45) is -0.00317. The molecule has 1 aliphatic heterocycles. The molecule has 1 aromatic rings. The van der Waals surface area contributed by atoms with Crippen LogP contribution in [-0.4, -0.2) is 29.6 Å². The zero-order valence-corrected chi connectivity index (χ0v) is 11.5. The van der Waals surface area contributed by atoms with Crippen LogP contribution in [0.5, 0.6) is 0 Å². The highest BCUT2D eigenvalue weighted by Crippen LogP contribution is 2.24. The first kappa shape index (κ1) is 13.7. The number of ether oxygens (including phenoxy) is 1. The van der Waals surface area contributed by atoms with Gasteiger partial charge in [0, 0.05) is 5.56 Å². The van der Waals surface area contributed by atoms with E-state index in [0.717, 1.165) is 5.56 Å². The van der Waals surface area contributed by atoms with Gasteiger partial charge in [-0.25, -0.2) is 4.79 Å². The first-order valence-corrected chi connectivity index (χ1v) is 6.66. The number of rotatable bonds is 4. The van der Waals surface area contributed by atoms with E-state index in [1.807, 2.05) is 44.2 Å². The molecule has 0 N–H and O–H groups in total. The number of carbonyl (C=O) groups excluding carboxylic acids is 2. The van der Waals surface area contributed by atoms with Crippen molar-refractivity contribution >= 4 is 12.0 Å². The topological polar surface area (TPSA) is 43.4 Å². The van der Waals surface area contributed by atoms with Crippen molar-refractivity contribution in [2.45, 2.75) is 26.8 Å². The molecule has 0 aromatic heterocycles. The van der Waals surface area contributed by atoms with Crippen LogP contribution in [-0.2, 0) is 16.1 Å². The molecule has 0 saturated carbocycles. The van der Waals surface area contributed by atoms with Gasteiger partial charge in [-0.05, 0) is 5.92 Å². The fourth-order valence-corrected chi connectivity index (χ4v) is 2.38. The fraction of sp³-hybridized carbons (Fsp3) is 0.467. The lowest BCUT2D eigenvalue weighted by molar-refractivity contribution is -0.780. The molecule has 1 fully saturated rings. The van der Waals surface area contributed by atoms with Gasteiger partial charge in [0.15, 0.2) is 0 Å². The molecule has 4 nitrogen and oxygen atoms in total. The Kier molecular flexibility index (Phi) is 4.00. The molecule has 1 saturated heterocycles. The molecule has 2 rings (SSSR count). The molecule has 0 spiro atoms. The molecule has 0 aliphatic carbocycles. The molecule has 0 bridgehead atoms. The number of amides is 2. The van der Waals surface area contributed by atoms with Gasteiger partial charge < -0.3 is 4.74 Å². The minimum absolute atomic E-state index is 0.0404. The maximum Gasteiger partial charge on any atom is 0.524 e. The first-order valence-electron chi connectivity index (χ1n) is 6.66. The van der Waals surface area contributed by atoms with E-state index in [0.29, 0.717) is 26.1 Å². The molecule has 1 aliphatic rings. The minimum Gasteiger partial charge on any atom is -0.414 e. The molecule has 102 valence electrons. The summed E-state index contributed by atoms with van der Waals surface area (Å²) >= 11 is 0. The smallest absolute Gasteiger partial charge is 0.414 e. The van der Waals surface area contributed by atoms with E-state index in [2.05, 4.69) is 0 Å². The van der Waals surface area contributed by atoms with Gasteiger partial charge in [-0.2, -0.15) is 9.28 Å². The Morgan fingerprint density at radius 3 is 2.53 bits per heavy atom. The van der Waals surface area contributed by atoms with Gasteiger partial charge in [-0.3, -0.25) is 0 Å². The van der Waals surface area contributed by atoms with E-state index in [4.69, 9.17) is 4.74 Å². The average molecular weight is 262 g/mol. The fourth-order valence-electron chi connectivity index (χ4n) is 2.38. The van der Waals surface area contributed by atoms with Gasteiger partial charge in [0.25, 0.3) is 0 Å². The maximum absolute atomic E-state index is 12.5. The monoisotopic (exact) mass is 262 g/mol. The van der Waals surface area contributed by atoms with E-state index < -0.39 is 6.09 Å². The molecular weight excluding hydrogens is 242 g/mol. The maximum atomic E-state index is 12.5. The summed E-state index contributed by atoms with van der Waals surface area (Å²) < 4.78 is 4.86. The van der Waals surface area contributed by atoms with Crippen molar-refractivity contribution in [2.24, 2.45) is 5.92 Å². The van der Waals surface area contributed by atoms with E-state index in [9.17, 15) is 9.59 Å². The number of hydrogen-bond acceptors (Lipinski definition) is 3. The number of hydrogen-bond donors (Lipinski definition) is 0. The molecular formula is C15H20NO3+. The van der Waals surface area contributed by atoms with Crippen LogP contribution in [0.1, 0.15) is 25.8 Å². The minimum atomic E-state index is -0.408. The highest BCUT2D eigenvalue weighted by atomic mass is 16.6. The number of nitrogens with zero attached hydrogens (tertiary/aromatic N) is 1. The molecule has 1 atom stereocenters. The van der Waals surface area contributed by atoms with Gasteiger partial charge >= 0.3 is 12.0 Å². The van der Waals surface area contributed by atoms with Gasteiger partial charge in [-0.15, -0.1) is 0 Å². The van der Waals surface area contributed by atoms with Gasteiger partial charge in [0.1, 0.15) is 19.7 Å². The van der Waals surface area contributed by atoms with Gasteiger partial charge in [0.05, 0.1) is 6.42 Å². The lowest BCUT2D eigenvalue weighted by Crippen LogP contribution is -2.53. The number of cyclic esters (lactones) is 1. The lowest BCUT2D eigenvalue weighted by atomic mass is 10.1. The predicted octanol–water partition coefficient (Wildman–Crippen LogP) is 2.73. The number of quaternary nitrogens is 1. The Morgan fingerprint density at radius 1 is 1.32 bits per heavy atom.